The largest absolute Gasteiger partial charge is 0.399 e. The molecule has 1 heterocycles. The number of carbonyl (C=O) groups is 1. The Bertz CT molecular complexity index is 434. The molecule has 1 amide bonds. The molecule has 2 N–H and O–H groups in total. The zero-order valence-corrected chi connectivity index (χ0v) is 10.9. The molecule has 0 radical (unpaired) electrons. The third-order valence-electron chi connectivity index (χ3n) is 3.38. The Morgan fingerprint density at radius 3 is 2.94 bits per heavy atom. The maximum Gasteiger partial charge on any atom is 0.252 e. The summed E-state index contributed by atoms with van der Waals surface area (Å²) in [5.41, 5.74) is 7.49. The highest BCUT2D eigenvalue weighted by molar-refractivity contribution is 5.81. The van der Waals surface area contributed by atoms with Crippen LogP contribution in [0, 0.1) is 5.92 Å². The third-order valence-corrected chi connectivity index (χ3v) is 3.38. The van der Waals surface area contributed by atoms with Crippen LogP contribution in [-0.4, -0.2) is 30.6 Å². The molecule has 0 spiro atoms. The molecule has 1 fully saturated rings. The Morgan fingerprint density at radius 2 is 2.33 bits per heavy atom. The van der Waals surface area contributed by atoms with Gasteiger partial charge in [-0.05, 0) is 30.0 Å². The second-order valence-electron chi connectivity index (χ2n) is 5.00. The fourth-order valence-corrected chi connectivity index (χ4v) is 2.27. The SMILES string of the molecule is CC1CCOC1C(=O)N(C)Cc1cccc(N)c1. The fourth-order valence-electron chi connectivity index (χ4n) is 2.27. The number of rotatable bonds is 3. The first-order chi connectivity index (χ1) is 8.58. The number of benzene rings is 1. The van der Waals surface area contributed by atoms with Crippen molar-refractivity contribution in [3.8, 4) is 0 Å². The molecule has 0 aliphatic carbocycles. The Morgan fingerprint density at radius 1 is 1.56 bits per heavy atom. The Labute approximate surface area is 108 Å². The zero-order valence-electron chi connectivity index (χ0n) is 10.9. The number of nitrogen functional groups attached to an aromatic ring is 1. The first kappa shape index (κ1) is 12.9. The molecule has 0 saturated carbocycles. The van der Waals surface area contributed by atoms with Gasteiger partial charge in [-0.15, -0.1) is 0 Å². The average molecular weight is 248 g/mol. The van der Waals surface area contributed by atoms with Crippen LogP contribution in [0.25, 0.3) is 0 Å². The van der Waals surface area contributed by atoms with Gasteiger partial charge in [0.15, 0.2) is 0 Å². The van der Waals surface area contributed by atoms with Crippen molar-refractivity contribution in [3.05, 3.63) is 29.8 Å². The summed E-state index contributed by atoms with van der Waals surface area (Å²) in [6.07, 6.45) is 0.679. The normalized spacial score (nSPS) is 23.0. The van der Waals surface area contributed by atoms with E-state index in [2.05, 4.69) is 6.92 Å². The summed E-state index contributed by atoms with van der Waals surface area (Å²) < 4.78 is 5.49. The van der Waals surface area contributed by atoms with Crippen molar-refractivity contribution >= 4 is 11.6 Å². The average Bonchev–Trinajstić information content (AvgIpc) is 2.74. The summed E-state index contributed by atoms with van der Waals surface area (Å²) in [4.78, 5) is 13.9. The van der Waals surface area contributed by atoms with E-state index in [1.165, 1.54) is 0 Å². The Balaban J connectivity index is 1.99. The number of hydrogen-bond donors (Lipinski definition) is 1. The second kappa shape index (κ2) is 5.40. The first-order valence-electron chi connectivity index (χ1n) is 6.29. The number of anilines is 1. The van der Waals surface area contributed by atoms with Gasteiger partial charge >= 0.3 is 0 Å². The van der Waals surface area contributed by atoms with Crippen LogP contribution in [0.5, 0.6) is 0 Å². The molecule has 18 heavy (non-hydrogen) atoms. The summed E-state index contributed by atoms with van der Waals surface area (Å²) in [7, 11) is 1.81. The van der Waals surface area contributed by atoms with Gasteiger partial charge in [0.25, 0.3) is 5.91 Å². The summed E-state index contributed by atoms with van der Waals surface area (Å²) in [6, 6.07) is 7.60. The van der Waals surface area contributed by atoms with Crippen LogP contribution < -0.4 is 5.73 Å². The molecule has 1 aliphatic heterocycles. The minimum atomic E-state index is -0.281. The van der Waals surface area contributed by atoms with Crippen LogP contribution in [0.4, 0.5) is 5.69 Å². The molecule has 2 unspecified atom stereocenters. The molecule has 2 atom stereocenters. The van der Waals surface area contributed by atoms with E-state index < -0.39 is 0 Å². The highest BCUT2D eigenvalue weighted by Crippen LogP contribution is 2.22. The quantitative estimate of drug-likeness (QED) is 0.828. The summed E-state index contributed by atoms with van der Waals surface area (Å²) in [6.45, 7) is 3.31. The molecule has 1 aromatic carbocycles. The summed E-state index contributed by atoms with van der Waals surface area (Å²) in [5.74, 6) is 0.364. The molecule has 0 bridgehead atoms. The summed E-state index contributed by atoms with van der Waals surface area (Å²) in [5, 5.41) is 0. The van der Waals surface area contributed by atoms with Gasteiger partial charge in [-0.1, -0.05) is 19.1 Å². The number of hydrogen-bond acceptors (Lipinski definition) is 3. The van der Waals surface area contributed by atoms with Crippen molar-refractivity contribution in [2.45, 2.75) is 26.0 Å². The molecular formula is C14H20N2O2. The Hall–Kier alpha value is -1.55. The van der Waals surface area contributed by atoms with Crippen molar-refractivity contribution in [1.29, 1.82) is 0 Å². The van der Waals surface area contributed by atoms with Crippen LogP contribution >= 0.6 is 0 Å². The lowest BCUT2D eigenvalue weighted by Gasteiger charge is -2.23. The van der Waals surface area contributed by atoms with Crippen molar-refractivity contribution in [1.82, 2.24) is 4.90 Å². The highest BCUT2D eigenvalue weighted by Gasteiger charge is 2.32. The second-order valence-corrected chi connectivity index (χ2v) is 5.00. The molecule has 2 rings (SSSR count). The van der Waals surface area contributed by atoms with E-state index in [0.29, 0.717) is 19.1 Å². The topological polar surface area (TPSA) is 55.6 Å². The van der Waals surface area contributed by atoms with Gasteiger partial charge in [-0.3, -0.25) is 4.79 Å². The molecule has 1 aliphatic rings. The maximum absolute atomic E-state index is 12.2. The van der Waals surface area contributed by atoms with E-state index in [1.54, 1.807) is 11.9 Å². The van der Waals surface area contributed by atoms with Crippen molar-refractivity contribution < 1.29 is 9.53 Å². The van der Waals surface area contributed by atoms with Crippen LogP contribution in [0.3, 0.4) is 0 Å². The maximum atomic E-state index is 12.2. The van der Waals surface area contributed by atoms with Crippen LogP contribution in [0.1, 0.15) is 18.9 Å². The van der Waals surface area contributed by atoms with E-state index in [4.69, 9.17) is 10.5 Å². The number of amides is 1. The minimum Gasteiger partial charge on any atom is -0.399 e. The van der Waals surface area contributed by atoms with Gasteiger partial charge < -0.3 is 15.4 Å². The van der Waals surface area contributed by atoms with Crippen molar-refractivity contribution in [2.75, 3.05) is 19.4 Å². The lowest BCUT2D eigenvalue weighted by atomic mass is 10.0. The van der Waals surface area contributed by atoms with Gasteiger partial charge in [-0.25, -0.2) is 0 Å². The van der Waals surface area contributed by atoms with Gasteiger partial charge in [0, 0.05) is 25.9 Å². The predicted octanol–water partition coefficient (Wildman–Crippen LogP) is 1.65. The number of nitrogens with two attached hydrogens (primary N) is 1. The Kier molecular flexibility index (Phi) is 3.87. The molecular weight excluding hydrogens is 228 g/mol. The van der Waals surface area contributed by atoms with E-state index in [9.17, 15) is 4.79 Å². The number of ether oxygens (including phenoxy) is 1. The lowest BCUT2D eigenvalue weighted by molar-refractivity contribution is -0.141. The van der Waals surface area contributed by atoms with Crippen molar-refractivity contribution in [3.63, 3.8) is 0 Å². The van der Waals surface area contributed by atoms with Gasteiger partial charge in [0.2, 0.25) is 0 Å². The third kappa shape index (κ3) is 2.82. The predicted molar refractivity (Wildman–Crippen MR) is 70.8 cm³/mol. The molecule has 98 valence electrons. The molecule has 4 heteroatoms. The van der Waals surface area contributed by atoms with Crippen LogP contribution in [0.2, 0.25) is 0 Å². The molecule has 1 aromatic rings. The van der Waals surface area contributed by atoms with Crippen molar-refractivity contribution in [2.24, 2.45) is 5.92 Å². The standard InChI is InChI=1S/C14H20N2O2/c1-10-6-7-18-13(10)14(17)16(2)9-11-4-3-5-12(15)8-11/h3-5,8,10,13H,6-7,9,15H2,1-2H3. The van der Waals surface area contributed by atoms with E-state index in [-0.39, 0.29) is 12.0 Å². The monoisotopic (exact) mass is 248 g/mol. The van der Waals surface area contributed by atoms with E-state index in [0.717, 1.165) is 17.7 Å². The minimum absolute atomic E-state index is 0.0578. The first-order valence-corrected chi connectivity index (χ1v) is 6.29. The summed E-state index contributed by atoms with van der Waals surface area (Å²) >= 11 is 0. The smallest absolute Gasteiger partial charge is 0.252 e. The van der Waals surface area contributed by atoms with E-state index >= 15 is 0 Å². The van der Waals surface area contributed by atoms with Gasteiger partial charge in [0.1, 0.15) is 6.10 Å². The van der Waals surface area contributed by atoms with Crippen LogP contribution in [-0.2, 0) is 16.1 Å². The number of likely N-dealkylation sites (N-methyl/N-ethyl adjacent to an activating group) is 1. The fraction of sp³-hybridized carbons (Fsp3) is 0.500. The molecule has 1 saturated heterocycles. The lowest BCUT2D eigenvalue weighted by Crippen LogP contribution is -2.38. The zero-order chi connectivity index (χ0) is 13.1. The number of carbonyl (C=O) groups excluding carboxylic acids is 1. The number of nitrogens with zero attached hydrogens (tertiary/aromatic N) is 1. The molecule has 0 aromatic heterocycles. The van der Waals surface area contributed by atoms with E-state index in [1.807, 2.05) is 24.3 Å². The van der Waals surface area contributed by atoms with Crippen LogP contribution in [0.15, 0.2) is 24.3 Å². The van der Waals surface area contributed by atoms with Gasteiger partial charge in [0.05, 0.1) is 0 Å². The highest BCUT2D eigenvalue weighted by atomic mass is 16.5. The molecule has 4 nitrogen and oxygen atoms in total. The van der Waals surface area contributed by atoms with Gasteiger partial charge in [-0.2, -0.15) is 0 Å².